The van der Waals surface area contributed by atoms with Gasteiger partial charge in [0, 0.05) is 18.5 Å². The van der Waals surface area contributed by atoms with E-state index in [1.165, 1.54) is 30.5 Å². The number of aryl methyl sites for hydroxylation is 2. The molecule has 0 amide bonds. The van der Waals surface area contributed by atoms with Crippen LogP contribution in [0.25, 0.3) is 0 Å². The number of aromatic nitrogens is 4. The van der Waals surface area contributed by atoms with Crippen LogP contribution >= 0.6 is 0 Å². The van der Waals surface area contributed by atoms with Gasteiger partial charge < -0.3 is 4.98 Å². The third kappa shape index (κ3) is 4.83. The van der Waals surface area contributed by atoms with E-state index in [4.69, 9.17) is 0 Å². The van der Waals surface area contributed by atoms with Gasteiger partial charge in [-0.15, -0.1) is 0 Å². The van der Waals surface area contributed by atoms with Crippen LogP contribution in [0.4, 0.5) is 4.48 Å². The van der Waals surface area contributed by atoms with Crippen molar-refractivity contribution in [1.82, 2.24) is 20.0 Å². The summed E-state index contributed by atoms with van der Waals surface area (Å²) in [4.78, 5) is 21.9. The molecule has 2 aromatic heterocycles. The molecular weight excluding hydrogens is 263 g/mol. The average molecular weight is 282 g/mol. The molecule has 0 aliphatic rings. The Morgan fingerprint density at radius 1 is 1.35 bits per heavy atom. The molecule has 20 heavy (non-hydrogen) atoms. The fourth-order valence-electron chi connectivity index (χ4n) is 1.58. The van der Waals surface area contributed by atoms with Crippen LogP contribution in [-0.2, 0) is 6.42 Å². The molecule has 2 heterocycles. The molecule has 2 N–H and O–H groups in total. The van der Waals surface area contributed by atoms with Crippen LogP contribution in [0.15, 0.2) is 28.0 Å². The highest BCUT2D eigenvalue weighted by atomic mass is 19.2. The van der Waals surface area contributed by atoms with Crippen molar-refractivity contribution in [3.8, 4) is 0 Å². The third-order valence-electron chi connectivity index (χ3n) is 2.76. The first-order valence-corrected chi connectivity index (χ1v) is 6.52. The van der Waals surface area contributed by atoms with Crippen LogP contribution < -0.4 is 11.2 Å². The second-order valence-electron chi connectivity index (χ2n) is 4.37. The smallest absolute Gasteiger partial charge is 0.312 e. The van der Waals surface area contributed by atoms with E-state index >= 15 is 0 Å². The lowest BCUT2D eigenvalue weighted by molar-refractivity contribution is 0.330. The van der Waals surface area contributed by atoms with Gasteiger partial charge in [-0.3, -0.25) is 9.89 Å². The van der Waals surface area contributed by atoms with Crippen LogP contribution in [0.3, 0.4) is 0 Å². The molecular formula is C13H19FN4O2. The van der Waals surface area contributed by atoms with Crippen LogP contribution in [0.5, 0.6) is 0 Å². The highest BCUT2D eigenvalue weighted by Crippen LogP contribution is 2.07. The Morgan fingerprint density at radius 2 is 2.10 bits per heavy atom. The van der Waals surface area contributed by atoms with Crippen molar-refractivity contribution >= 4 is 0 Å². The van der Waals surface area contributed by atoms with Gasteiger partial charge in [-0.1, -0.05) is 29.0 Å². The van der Waals surface area contributed by atoms with Crippen molar-refractivity contribution in [3.63, 3.8) is 0 Å². The van der Waals surface area contributed by atoms with Crippen LogP contribution in [0.2, 0.25) is 0 Å². The first-order chi connectivity index (χ1) is 9.56. The molecule has 0 saturated heterocycles. The lowest BCUT2D eigenvalue weighted by Gasteiger charge is -1.95. The molecule has 0 unspecified atom stereocenters. The Kier molecular flexibility index (Phi) is 6.42. The normalized spacial score (nSPS) is 9.95. The molecule has 0 atom stereocenters. The summed E-state index contributed by atoms with van der Waals surface area (Å²) in [5.41, 5.74) is 0.515. The minimum Gasteiger partial charge on any atom is -0.312 e. The standard InChI is InChI=1S/C9H16N2.C4H3FN2O2/c1-3-4-5-6-9-8(2)7-10-11-9;5-7-3(8)1-2-6-4(7)9/h7H,3-6H2,1-2H3,(H,10,11);1-2H,(H,6,9). The summed E-state index contributed by atoms with van der Waals surface area (Å²) >= 11 is 0. The quantitative estimate of drug-likeness (QED) is 0.837. The van der Waals surface area contributed by atoms with Crippen molar-refractivity contribution in [1.29, 1.82) is 0 Å². The van der Waals surface area contributed by atoms with Gasteiger partial charge in [-0.2, -0.15) is 5.10 Å². The van der Waals surface area contributed by atoms with Crippen molar-refractivity contribution in [3.05, 3.63) is 50.6 Å². The summed E-state index contributed by atoms with van der Waals surface area (Å²) < 4.78 is 12.0. The van der Waals surface area contributed by atoms with Crippen LogP contribution in [0.1, 0.15) is 37.4 Å². The Labute approximate surface area is 115 Å². The van der Waals surface area contributed by atoms with E-state index in [9.17, 15) is 14.1 Å². The minimum atomic E-state index is -1.05. The lowest BCUT2D eigenvalue weighted by Crippen LogP contribution is -2.28. The second-order valence-corrected chi connectivity index (χ2v) is 4.37. The monoisotopic (exact) mass is 282 g/mol. The largest absolute Gasteiger partial charge is 0.357 e. The molecule has 2 rings (SSSR count). The summed E-state index contributed by atoms with van der Waals surface area (Å²) in [5.74, 6) is 0. The number of rotatable bonds is 4. The van der Waals surface area contributed by atoms with Gasteiger partial charge in [0.25, 0.3) is 5.56 Å². The molecule has 0 spiro atoms. The van der Waals surface area contributed by atoms with Gasteiger partial charge in [-0.25, -0.2) is 4.79 Å². The summed E-state index contributed by atoms with van der Waals surface area (Å²) in [5, 5.41) is 7.04. The molecule has 110 valence electrons. The van der Waals surface area contributed by atoms with E-state index in [1.807, 2.05) is 11.2 Å². The number of unbranched alkanes of at least 4 members (excludes halogenated alkanes) is 2. The first kappa shape index (κ1) is 15.9. The fraction of sp³-hybridized carbons (Fsp3) is 0.462. The molecule has 7 heteroatoms. The zero-order chi connectivity index (χ0) is 15.0. The number of nitrogens with zero attached hydrogens (tertiary/aromatic N) is 2. The number of aromatic amines is 2. The number of nitrogens with one attached hydrogen (secondary N) is 2. The molecule has 0 fully saturated rings. The molecule has 0 saturated carbocycles. The zero-order valence-electron chi connectivity index (χ0n) is 11.6. The summed E-state index contributed by atoms with van der Waals surface area (Å²) in [7, 11) is 0. The van der Waals surface area contributed by atoms with Crippen molar-refractivity contribution in [2.45, 2.75) is 39.5 Å². The Balaban J connectivity index is 0.000000204. The van der Waals surface area contributed by atoms with E-state index in [1.54, 1.807) is 0 Å². The van der Waals surface area contributed by atoms with Gasteiger partial charge in [-0.05, 0) is 25.3 Å². The van der Waals surface area contributed by atoms with Crippen molar-refractivity contribution in [2.24, 2.45) is 0 Å². The molecule has 0 aliphatic carbocycles. The first-order valence-electron chi connectivity index (χ1n) is 6.52. The fourth-order valence-corrected chi connectivity index (χ4v) is 1.58. The highest BCUT2D eigenvalue weighted by Gasteiger charge is 1.98. The van der Waals surface area contributed by atoms with Gasteiger partial charge in [0.05, 0.1) is 5.69 Å². The summed E-state index contributed by atoms with van der Waals surface area (Å²) in [6.45, 7) is 4.32. The summed E-state index contributed by atoms with van der Waals surface area (Å²) in [6.07, 6.45) is 8.03. The van der Waals surface area contributed by atoms with Crippen molar-refractivity contribution in [2.75, 3.05) is 0 Å². The lowest BCUT2D eigenvalue weighted by atomic mass is 10.1. The Morgan fingerprint density at radius 3 is 2.60 bits per heavy atom. The number of H-pyrrole nitrogens is 2. The number of halogens is 1. The maximum atomic E-state index is 12.0. The molecule has 0 aromatic carbocycles. The second kappa shape index (κ2) is 8.08. The van der Waals surface area contributed by atoms with Crippen LogP contribution in [-0.4, -0.2) is 20.0 Å². The van der Waals surface area contributed by atoms with Gasteiger partial charge in [0.2, 0.25) is 0 Å². The molecule has 0 radical (unpaired) electrons. The maximum absolute atomic E-state index is 12.0. The average Bonchev–Trinajstić information content (AvgIpc) is 2.83. The molecule has 0 bridgehead atoms. The van der Waals surface area contributed by atoms with E-state index in [0.29, 0.717) is 0 Å². The van der Waals surface area contributed by atoms with Crippen LogP contribution in [0, 0.1) is 6.92 Å². The van der Waals surface area contributed by atoms with E-state index in [-0.39, 0.29) is 0 Å². The molecule has 2 aromatic rings. The number of hydrogen-bond donors (Lipinski definition) is 2. The van der Waals surface area contributed by atoms with Gasteiger partial charge in [0.1, 0.15) is 0 Å². The number of hydrogen-bond acceptors (Lipinski definition) is 3. The zero-order valence-corrected chi connectivity index (χ0v) is 11.6. The maximum Gasteiger partial charge on any atom is 0.357 e. The Bertz CT molecular complexity index is 601. The molecule has 6 nitrogen and oxygen atoms in total. The van der Waals surface area contributed by atoms with Gasteiger partial charge in [0.15, 0.2) is 0 Å². The summed E-state index contributed by atoms with van der Waals surface area (Å²) in [6, 6.07) is 0.918. The minimum absolute atomic E-state index is 0.500. The predicted octanol–water partition coefficient (Wildman–Crippen LogP) is 1.72. The SMILES string of the molecule is CCCCCc1n[nH]cc1C.O=c1cc[nH]c(=O)n1F. The predicted molar refractivity (Wildman–Crippen MR) is 74.4 cm³/mol. The topological polar surface area (TPSA) is 83.5 Å². The van der Waals surface area contributed by atoms with Gasteiger partial charge >= 0.3 is 5.69 Å². The highest BCUT2D eigenvalue weighted by molar-refractivity contribution is 5.13. The Hall–Kier alpha value is -2.18. The van der Waals surface area contributed by atoms with Crippen molar-refractivity contribution < 1.29 is 4.48 Å². The van der Waals surface area contributed by atoms with E-state index in [2.05, 4.69) is 24.0 Å². The molecule has 0 aliphatic heterocycles. The van der Waals surface area contributed by atoms with E-state index in [0.717, 1.165) is 18.7 Å². The third-order valence-corrected chi connectivity index (χ3v) is 2.76. The van der Waals surface area contributed by atoms with E-state index < -0.39 is 16.0 Å².